The van der Waals surface area contributed by atoms with Gasteiger partial charge in [0.2, 0.25) is 0 Å². The van der Waals surface area contributed by atoms with Crippen LogP contribution in [-0.4, -0.2) is 12.8 Å². The fraction of sp³-hybridized carbons (Fsp3) is 0.333. The van der Waals surface area contributed by atoms with E-state index in [-0.39, 0.29) is 12.0 Å². The van der Waals surface area contributed by atoms with Gasteiger partial charge in [-0.15, -0.1) is 0 Å². The van der Waals surface area contributed by atoms with Crippen LogP contribution in [0.4, 0.5) is 4.39 Å². The SMILES string of the molecule is [CH2]CCCOC1N=Cc2ccc(F)cc21. The van der Waals surface area contributed by atoms with E-state index in [1.165, 1.54) is 12.1 Å². The molecule has 0 bridgehead atoms. The third-order valence-corrected chi connectivity index (χ3v) is 2.33. The number of fused-ring (bicyclic) bond motifs is 1. The Hall–Kier alpha value is -1.22. The van der Waals surface area contributed by atoms with Crippen LogP contribution in [0.5, 0.6) is 0 Å². The van der Waals surface area contributed by atoms with Crippen molar-refractivity contribution in [2.24, 2.45) is 4.99 Å². The van der Waals surface area contributed by atoms with Crippen LogP contribution < -0.4 is 0 Å². The summed E-state index contributed by atoms with van der Waals surface area (Å²) in [6.07, 6.45) is 3.13. The molecule has 0 saturated heterocycles. The van der Waals surface area contributed by atoms with Gasteiger partial charge in [0.05, 0.1) is 0 Å². The zero-order chi connectivity index (χ0) is 10.7. The van der Waals surface area contributed by atoms with Crippen LogP contribution in [0.25, 0.3) is 0 Å². The Morgan fingerprint density at radius 1 is 1.47 bits per heavy atom. The molecule has 1 unspecified atom stereocenters. The minimum absolute atomic E-state index is 0.245. The Morgan fingerprint density at radius 2 is 2.33 bits per heavy atom. The molecule has 0 aromatic heterocycles. The van der Waals surface area contributed by atoms with Crippen molar-refractivity contribution < 1.29 is 9.13 Å². The van der Waals surface area contributed by atoms with Gasteiger partial charge in [0.15, 0.2) is 6.23 Å². The van der Waals surface area contributed by atoms with E-state index in [0.717, 1.165) is 24.0 Å². The normalized spacial score (nSPS) is 18.1. The van der Waals surface area contributed by atoms with Crippen LogP contribution in [0.2, 0.25) is 0 Å². The zero-order valence-corrected chi connectivity index (χ0v) is 8.45. The molecule has 1 aromatic carbocycles. The summed E-state index contributed by atoms with van der Waals surface area (Å²) in [5, 5.41) is 0. The standard InChI is InChI=1S/C12H13FNO/c1-2-3-6-15-12-11-7-10(13)5-4-9(11)8-14-12/h4-5,7-8,12H,1-3,6H2. The molecule has 0 N–H and O–H groups in total. The lowest BCUT2D eigenvalue weighted by Crippen LogP contribution is -2.01. The molecule has 2 nitrogen and oxygen atoms in total. The monoisotopic (exact) mass is 206 g/mol. The Balaban J connectivity index is 2.06. The van der Waals surface area contributed by atoms with Crippen LogP contribution in [-0.2, 0) is 4.74 Å². The second-order valence-electron chi connectivity index (χ2n) is 3.48. The fourth-order valence-electron chi connectivity index (χ4n) is 1.54. The van der Waals surface area contributed by atoms with E-state index >= 15 is 0 Å². The van der Waals surface area contributed by atoms with E-state index in [2.05, 4.69) is 11.9 Å². The third-order valence-electron chi connectivity index (χ3n) is 2.33. The highest BCUT2D eigenvalue weighted by Gasteiger charge is 2.19. The largest absolute Gasteiger partial charge is 0.352 e. The van der Waals surface area contributed by atoms with Gasteiger partial charge in [0, 0.05) is 23.9 Å². The van der Waals surface area contributed by atoms with Crippen molar-refractivity contribution in [2.45, 2.75) is 19.1 Å². The molecule has 0 fully saturated rings. The summed E-state index contributed by atoms with van der Waals surface area (Å²) < 4.78 is 18.5. The third kappa shape index (κ3) is 2.23. The van der Waals surface area contributed by atoms with Crippen LogP contribution in [0.15, 0.2) is 23.2 Å². The second-order valence-corrected chi connectivity index (χ2v) is 3.48. The van der Waals surface area contributed by atoms with Gasteiger partial charge in [-0.25, -0.2) is 4.39 Å². The Labute approximate surface area is 88.8 Å². The maximum absolute atomic E-state index is 13.0. The number of unbranched alkanes of at least 4 members (excludes halogenated alkanes) is 1. The van der Waals surface area contributed by atoms with Crippen molar-refractivity contribution >= 4 is 6.21 Å². The number of hydrogen-bond acceptors (Lipinski definition) is 2. The highest BCUT2D eigenvalue weighted by atomic mass is 19.1. The summed E-state index contributed by atoms with van der Waals surface area (Å²) in [6.45, 7) is 4.34. The first-order valence-electron chi connectivity index (χ1n) is 5.05. The van der Waals surface area contributed by atoms with Gasteiger partial charge in [-0.2, -0.15) is 0 Å². The van der Waals surface area contributed by atoms with Gasteiger partial charge >= 0.3 is 0 Å². The van der Waals surface area contributed by atoms with Crippen molar-refractivity contribution in [1.29, 1.82) is 0 Å². The Kier molecular flexibility index (Phi) is 3.11. The van der Waals surface area contributed by atoms with Gasteiger partial charge in [-0.3, -0.25) is 4.99 Å². The van der Waals surface area contributed by atoms with Crippen LogP contribution in [0.1, 0.15) is 30.2 Å². The molecule has 1 aliphatic heterocycles. The van der Waals surface area contributed by atoms with Crippen molar-refractivity contribution in [1.82, 2.24) is 0 Å². The van der Waals surface area contributed by atoms with Gasteiger partial charge < -0.3 is 4.74 Å². The number of benzene rings is 1. The number of halogens is 1. The topological polar surface area (TPSA) is 21.6 Å². The summed E-state index contributed by atoms with van der Waals surface area (Å²) in [7, 11) is 0. The lowest BCUT2D eigenvalue weighted by atomic mass is 10.1. The minimum Gasteiger partial charge on any atom is -0.352 e. The molecule has 0 saturated carbocycles. The number of rotatable bonds is 4. The molecular weight excluding hydrogens is 193 g/mol. The lowest BCUT2D eigenvalue weighted by molar-refractivity contribution is 0.0600. The van der Waals surface area contributed by atoms with Crippen molar-refractivity contribution in [2.75, 3.05) is 6.61 Å². The minimum atomic E-state index is -0.331. The molecule has 0 aliphatic carbocycles. The zero-order valence-electron chi connectivity index (χ0n) is 8.45. The number of aliphatic imine (C=N–C) groups is 1. The van der Waals surface area contributed by atoms with Gasteiger partial charge in [0.25, 0.3) is 0 Å². The number of ether oxygens (including phenoxy) is 1. The molecule has 1 aromatic rings. The first-order chi connectivity index (χ1) is 7.31. The first kappa shape index (κ1) is 10.3. The van der Waals surface area contributed by atoms with Crippen LogP contribution >= 0.6 is 0 Å². The predicted octanol–water partition coefficient (Wildman–Crippen LogP) is 2.89. The molecule has 79 valence electrons. The van der Waals surface area contributed by atoms with Crippen LogP contribution in [0, 0.1) is 12.7 Å². The van der Waals surface area contributed by atoms with E-state index < -0.39 is 0 Å². The second kappa shape index (κ2) is 4.53. The molecule has 0 amide bonds. The number of hydrogen-bond donors (Lipinski definition) is 0. The molecular formula is C12H13FNO. The number of nitrogens with zero attached hydrogens (tertiary/aromatic N) is 1. The Morgan fingerprint density at radius 3 is 3.13 bits per heavy atom. The van der Waals surface area contributed by atoms with Gasteiger partial charge in [-0.05, 0) is 18.6 Å². The smallest absolute Gasteiger partial charge is 0.174 e. The molecule has 3 heteroatoms. The maximum atomic E-state index is 13.0. The van der Waals surface area contributed by atoms with E-state index in [4.69, 9.17) is 4.74 Å². The average Bonchev–Trinajstić information content (AvgIpc) is 2.62. The molecule has 0 spiro atoms. The Bertz CT molecular complexity index is 376. The quantitative estimate of drug-likeness (QED) is 0.694. The predicted molar refractivity (Wildman–Crippen MR) is 57.3 cm³/mol. The summed E-state index contributed by atoms with van der Waals surface area (Å²) >= 11 is 0. The van der Waals surface area contributed by atoms with E-state index in [1.54, 1.807) is 12.3 Å². The highest BCUT2D eigenvalue weighted by molar-refractivity contribution is 5.84. The lowest BCUT2D eigenvalue weighted by Gasteiger charge is -2.10. The van der Waals surface area contributed by atoms with E-state index in [9.17, 15) is 4.39 Å². The molecule has 15 heavy (non-hydrogen) atoms. The molecule has 1 radical (unpaired) electrons. The highest BCUT2D eigenvalue weighted by Crippen LogP contribution is 2.28. The molecule has 1 aliphatic rings. The summed E-state index contributed by atoms with van der Waals surface area (Å²) in [5.74, 6) is -0.245. The summed E-state index contributed by atoms with van der Waals surface area (Å²) in [6, 6.07) is 4.64. The maximum Gasteiger partial charge on any atom is 0.174 e. The van der Waals surface area contributed by atoms with E-state index in [0.29, 0.717) is 6.61 Å². The van der Waals surface area contributed by atoms with Crippen LogP contribution in [0.3, 0.4) is 0 Å². The summed E-state index contributed by atoms with van der Waals surface area (Å²) in [4.78, 5) is 4.18. The first-order valence-corrected chi connectivity index (χ1v) is 5.05. The fourth-order valence-corrected chi connectivity index (χ4v) is 1.54. The van der Waals surface area contributed by atoms with Gasteiger partial charge in [-0.1, -0.05) is 19.4 Å². The van der Waals surface area contributed by atoms with Gasteiger partial charge in [0.1, 0.15) is 5.82 Å². The van der Waals surface area contributed by atoms with Crippen molar-refractivity contribution in [3.8, 4) is 0 Å². The molecule has 1 heterocycles. The van der Waals surface area contributed by atoms with Crippen molar-refractivity contribution in [3.05, 3.63) is 42.1 Å². The van der Waals surface area contributed by atoms with E-state index in [1.807, 2.05) is 0 Å². The molecule has 1 atom stereocenters. The summed E-state index contributed by atoms with van der Waals surface area (Å²) in [5.41, 5.74) is 1.76. The average molecular weight is 206 g/mol. The van der Waals surface area contributed by atoms with Crippen molar-refractivity contribution in [3.63, 3.8) is 0 Å². The molecule has 2 rings (SSSR count).